The van der Waals surface area contributed by atoms with E-state index in [1.165, 1.54) is 11.6 Å². The molecule has 3 aromatic rings. The molecule has 0 saturated carbocycles. The van der Waals surface area contributed by atoms with Crippen LogP contribution in [0.4, 0.5) is 5.95 Å². The zero-order chi connectivity index (χ0) is 22.7. The van der Waals surface area contributed by atoms with E-state index in [2.05, 4.69) is 17.2 Å². The molecule has 3 rings (SSSR count). The number of halogens is 2. The first-order chi connectivity index (χ1) is 14.7. The fourth-order valence-electron chi connectivity index (χ4n) is 3.18. The SMILES string of the molecule is CCCCNc1nc2c(c(=O)n(C)c(=O)n2C)n1C[C@@H](O)COc1ccc(Cl)cc1Cl. The van der Waals surface area contributed by atoms with Crippen molar-refractivity contribution in [2.45, 2.75) is 32.4 Å². The molecule has 0 amide bonds. The summed E-state index contributed by atoms with van der Waals surface area (Å²) in [4.78, 5) is 29.6. The van der Waals surface area contributed by atoms with Gasteiger partial charge in [0.15, 0.2) is 11.2 Å². The van der Waals surface area contributed by atoms with Crippen LogP contribution in [0.2, 0.25) is 10.0 Å². The summed E-state index contributed by atoms with van der Waals surface area (Å²) in [5.74, 6) is 0.797. The van der Waals surface area contributed by atoms with Gasteiger partial charge in [-0.2, -0.15) is 4.98 Å². The van der Waals surface area contributed by atoms with E-state index in [0.717, 1.165) is 17.4 Å². The predicted molar refractivity (Wildman–Crippen MR) is 122 cm³/mol. The lowest BCUT2D eigenvalue weighted by molar-refractivity contribution is 0.0938. The van der Waals surface area contributed by atoms with Gasteiger partial charge in [-0.05, 0) is 24.6 Å². The van der Waals surface area contributed by atoms with E-state index in [4.69, 9.17) is 27.9 Å². The lowest BCUT2D eigenvalue weighted by Crippen LogP contribution is -2.38. The number of fused-ring (bicyclic) bond motifs is 1. The second-order valence-electron chi connectivity index (χ2n) is 7.24. The van der Waals surface area contributed by atoms with Gasteiger partial charge in [-0.3, -0.25) is 13.9 Å². The summed E-state index contributed by atoms with van der Waals surface area (Å²) in [5.41, 5.74) is -0.473. The molecular formula is C20H25Cl2N5O4. The van der Waals surface area contributed by atoms with Crippen LogP contribution in [0.15, 0.2) is 27.8 Å². The van der Waals surface area contributed by atoms with Crippen LogP contribution >= 0.6 is 23.2 Å². The first-order valence-corrected chi connectivity index (χ1v) is 10.7. The van der Waals surface area contributed by atoms with E-state index in [9.17, 15) is 14.7 Å². The number of rotatable bonds is 9. The number of unbranched alkanes of at least 4 members (excludes halogenated alkanes) is 1. The molecule has 2 N–H and O–H groups in total. The fraction of sp³-hybridized carbons (Fsp3) is 0.450. The minimum atomic E-state index is -0.974. The summed E-state index contributed by atoms with van der Waals surface area (Å²) >= 11 is 12.0. The number of hydrogen-bond donors (Lipinski definition) is 2. The lowest BCUT2D eigenvalue weighted by atomic mass is 10.3. The summed E-state index contributed by atoms with van der Waals surface area (Å²) in [6, 6.07) is 4.81. The van der Waals surface area contributed by atoms with Crippen molar-refractivity contribution in [2.24, 2.45) is 14.1 Å². The molecule has 9 nitrogen and oxygen atoms in total. The Morgan fingerprint density at radius 2 is 1.97 bits per heavy atom. The molecule has 2 heterocycles. The molecule has 0 radical (unpaired) electrons. The van der Waals surface area contributed by atoms with Gasteiger partial charge in [0.05, 0.1) is 11.6 Å². The van der Waals surface area contributed by atoms with Crippen LogP contribution in [0.25, 0.3) is 11.2 Å². The molecular weight excluding hydrogens is 445 g/mol. The highest BCUT2D eigenvalue weighted by Crippen LogP contribution is 2.27. The summed E-state index contributed by atoms with van der Waals surface area (Å²) in [6.45, 7) is 2.67. The predicted octanol–water partition coefficient (Wildman–Crippen LogP) is 2.39. The molecule has 2 aromatic heterocycles. The maximum absolute atomic E-state index is 12.8. The Balaban J connectivity index is 1.92. The average molecular weight is 470 g/mol. The second kappa shape index (κ2) is 9.76. The van der Waals surface area contributed by atoms with Crippen LogP contribution in [0.3, 0.4) is 0 Å². The molecule has 0 aliphatic carbocycles. The molecule has 0 aliphatic rings. The standard InChI is InChI=1S/C20H25Cl2N5O4/c1-4-5-8-23-19-24-17-16(18(29)26(3)20(30)25(17)2)27(19)10-13(28)11-31-15-7-6-12(21)9-14(15)22/h6-7,9,13,28H,4-5,8,10-11H2,1-3H3,(H,23,24)/t13-/m1/s1. The van der Waals surface area contributed by atoms with Gasteiger partial charge in [0.25, 0.3) is 5.56 Å². The van der Waals surface area contributed by atoms with E-state index in [1.807, 2.05) is 0 Å². The maximum atomic E-state index is 12.8. The van der Waals surface area contributed by atoms with Crippen molar-refractivity contribution >= 4 is 40.3 Å². The number of aryl methyl sites for hydroxylation is 1. The van der Waals surface area contributed by atoms with Gasteiger partial charge < -0.3 is 19.7 Å². The smallest absolute Gasteiger partial charge is 0.332 e. The van der Waals surface area contributed by atoms with E-state index in [-0.39, 0.29) is 24.3 Å². The third-order valence-corrected chi connectivity index (χ3v) is 5.41. The lowest BCUT2D eigenvalue weighted by Gasteiger charge is -2.16. The van der Waals surface area contributed by atoms with Crippen molar-refractivity contribution in [3.8, 4) is 5.75 Å². The van der Waals surface area contributed by atoms with Crippen LogP contribution in [-0.4, -0.2) is 43.0 Å². The van der Waals surface area contributed by atoms with E-state index >= 15 is 0 Å². The monoisotopic (exact) mass is 469 g/mol. The average Bonchev–Trinajstić information content (AvgIpc) is 3.08. The molecule has 11 heteroatoms. The number of aliphatic hydroxyl groups is 1. The van der Waals surface area contributed by atoms with Gasteiger partial charge in [-0.15, -0.1) is 0 Å². The first-order valence-electron chi connectivity index (χ1n) is 9.90. The van der Waals surface area contributed by atoms with Crippen molar-refractivity contribution in [3.05, 3.63) is 49.1 Å². The van der Waals surface area contributed by atoms with Crippen LogP contribution in [-0.2, 0) is 20.6 Å². The molecule has 0 saturated heterocycles. The molecule has 0 aliphatic heterocycles. The third kappa shape index (κ3) is 4.89. The van der Waals surface area contributed by atoms with Crippen molar-refractivity contribution in [1.29, 1.82) is 0 Å². The van der Waals surface area contributed by atoms with Gasteiger partial charge in [0.1, 0.15) is 18.5 Å². The van der Waals surface area contributed by atoms with Crippen LogP contribution in [0, 0.1) is 0 Å². The zero-order valence-corrected chi connectivity index (χ0v) is 19.1. The topological polar surface area (TPSA) is 103 Å². The summed E-state index contributed by atoms with van der Waals surface area (Å²) < 4.78 is 9.54. The number of ether oxygens (including phenoxy) is 1. The van der Waals surface area contributed by atoms with Crippen LogP contribution in [0.5, 0.6) is 5.75 Å². The van der Waals surface area contributed by atoms with Crippen LogP contribution in [0.1, 0.15) is 19.8 Å². The number of anilines is 1. The van der Waals surface area contributed by atoms with Crippen molar-refractivity contribution in [3.63, 3.8) is 0 Å². The fourth-order valence-corrected chi connectivity index (χ4v) is 3.64. The highest BCUT2D eigenvalue weighted by molar-refractivity contribution is 6.35. The number of benzene rings is 1. The Hall–Kier alpha value is -2.49. The Bertz CT molecular complexity index is 1200. The molecule has 168 valence electrons. The first kappa shape index (κ1) is 23.2. The molecule has 0 bridgehead atoms. The number of nitrogens with one attached hydrogen (secondary N) is 1. The van der Waals surface area contributed by atoms with Crippen molar-refractivity contribution < 1.29 is 9.84 Å². The van der Waals surface area contributed by atoms with Gasteiger partial charge >= 0.3 is 5.69 Å². The summed E-state index contributed by atoms with van der Waals surface area (Å²) in [6.07, 6.45) is 0.907. The highest BCUT2D eigenvalue weighted by atomic mass is 35.5. The van der Waals surface area contributed by atoms with E-state index < -0.39 is 17.4 Å². The highest BCUT2D eigenvalue weighted by Gasteiger charge is 2.21. The molecule has 0 fully saturated rings. The van der Waals surface area contributed by atoms with E-state index in [1.54, 1.807) is 29.8 Å². The van der Waals surface area contributed by atoms with Crippen LogP contribution < -0.4 is 21.3 Å². The number of aromatic nitrogens is 4. The Morgan fingerprint density at radius 1 is 1.23 bits per heavy atom. The Kier molecular flexibility index (Phi) is 7.30. The maximum Gasteiger partial charge on any atom is 0.332 e. The summed E-state index contributed by atoms with van der Waals surface area (Å²) in [7, 11) is 2.97. The largest absolute Gasteiger partial charge is 0.489 e. The minimum absolute atomic E-state index is 0.0314. The number of aliphatic hydroxyl groups excluding tert-OH is 1. The third-order valence-electron chi connectivity index (χ3n) is 4.88. The Morgan fingerprint density at radius 3 is 2.65 bits per heavy atom. The molecule has 0 spiro atoms. The zero-order valence-electron chi connectivity index (χ0n) is 17.6. The Labute approximate surface area is 188 Å². The second-order valence-corrected chi connectivity index (χ2v) is 8.09. The van der Waals surface area contributed by atoms with Gasteiger partial charge in [-0.25, -0.2) is 4.79 Å². The van der Waals surface area contributed by atoms with Gasteiger partial charge in [0.2, 0.25) is 5.95 Å². The molecule has 1 aromatic carbocycles. The van der Waals surface area contributed by atoms with Gasteiger partial charge in [0, 0.05) is 25.7 Å². The normalized spacial score (nSPS) is 12.3. The molecule has 31 heavy (non-hydrogen) atoms. The molecule has 0 unspecified atom stereocenters. The number of nitrogens with zero attached hydrogens (tertiary/aromatic N) is 4. The van der Waals surface area contributed by atoms with Gasteiger partial charge in [-0.1, -0.05) is 36.5 Å². The quantitative estimate of drug-likeness (QED) is 0.466. The summed E-state index contributed by atoms with van der Waals surface area (Å²) in [5, 5.41) is 14.6. The van der Waals surface area contributed by atoms with Crippen molar-refractivity contribution in [2.75, 3.05) is 18.5 Å². The number of imidazole rings is 1. The van der Waals surface area contributed by atoms with Crippen molar-refractivity contribution in [1.82, 2.24) is 18.7 Å². The minimum Gasteiger partial charge on any atom is -0.489 e. The molecule has 1 atom stereocenters. The van der Waals surface area contributed by atoms with E-state index in [0.29, 0.717) is 28.3 Å². The number of hydrogen-bond acceptors (Lipinski definition) is 6.